The van der Waals surface area contributed by atoms with E-state index in [4.69, 9.17) is 0 Å². The fourth-order valence-electron chi connectivity index (χ4n) is 3.38. The Morgan fingerprint density at radius 2 is 1.90 bits per heavy atom. The molecule has 1 aromatic carbocycles. The largest absolute Gasteiger partial charge is 0.335 e. The fourth-order valence-corrected chi connectivity index (χ4v) is 3.38. The zero-order chi connectivity index (χ0) is 14.8. The maximum Gasteiger partial charge on any atom is 0.257 e. The highest BCUT2D eigenvalue weighted by Crippen LogP contribution is 2.32. The minimum absolute atomic E-state index is 0.111. The van der Waals surface area contributed by atoms with Crippen LogP contribution in [0.2, 0.25) is 0 Å². The zero-order valence-corrected chi connectivity index (χ0v) is 12.8. The van der Waals surface area contributed by atoms with Gasteiger partial charge in [-0.25, -0.2) is 4.39 Å². The van der Waals surface area contributed by atoms with E-state index < -0.39 is 0 Å². The third-order valence-electron chi connectivity index (χ3n) is 4.78. The molecule has 0 atom stereocenters. The molecule has 2 aliphatic carbocycles. The van der Waals surface area contributed by atoms with Crippen molar-refractivity contribution in [3.8, 4) is 0 Å². The monoisotopic (exact) mass is 289 g/mol. The van der Waals surface area contributed by atoms with Crippen molar-refractivity contribution >= 4 is 5.91 Å². The van der Waals surface area contributed by atoms with Crippen LogP contribution in [0.3, 0.4) is 0 Å². The Labute approximate surface area is 126 Å². The van der Waals surface area contributed by atoms with Gasteiger partial charge in [0, 0.05) is 12.6 Å². The van der Waals surface area contributed by atoms with Gasteiger partial charge in [0.1, 0.15) is 5.82 Å². The van der Waals surface area contributed by atoms with E-state index in [1.54, 1.807) is 6.07 Å². The highest BCUT2D eigenvalue weighted by Gasteiger charge is 2.35. The molecule has 21 heavy (non-hydrogen) atoms. The molecule has 0 aliphatic heterocycles. The van der Waals surface area contributed by atoms with Crippen LogP contribution in [0.15, 0.2) is 18.2 Å². The molecule has 0 bridgehead atoms. The molecule has 1 amide bonds. The summed E-state index contributed by atoms with van der Waals surface area (Å²) in [7, 11) is 0. The van der Waals surface area contributed by atoms with Gasteiger partial charge < -0.3 is 4.90 Å². The van der Waals surface area contributed by atoms with Gasteiger partial charge in [-0.05, 0) is 56.2 Å². The molecule has 0 aromatic heterocycles. The predicted molar refractivity (Wildman–Crippen MR) is 81.8 cm³/mol. The summed E-state index contributed by atoms with van der Waals surface area (Å²) < 4.78 is 14.1. The van der Waals surface area contributed by atoms with Crippen LogP contribution in [-0.4, -0.2) is 23.4 Å². The van der Waals surface area contributed by atoms with Gasteiger partial charge in [-0.1, -0.05) is 25.3 Å². The van der Waals surface area contributed by atoms with Gasteiger partial charge in [0.15, 0.2) is 0 Å². The summed E-state index contributed by atoms with van der Waals surface area (Å²) in [6.45, 7) is 2.66. The summed E-state index contributed by atoms with van der Waals surface area (Å²) in [6, 6.07) is 5.27. The van der Waals surface area contributed by atoms with Gasteiger partial charge in [0.2, 0.25) is 0 Å². The van der Waals surface area contributed by atoms with E-state index in [9.17, 15) is 9.18 Å². The third-order valence-corrected chi connectivity index (χ3v) is 4.78. The molecule has 2 nitrogen and oxygen atoms in total. The molecule has 0 unspecified atom stereocenters. The topological polar surface area (TPSA) is 20.3 Å². The summed E-state index contributed by atoms with van der Waals surface area (Å²) >= 11 is 0. The second-order valence-electron chi connectivity index (χ2n) is 6.68. The first-order chi connectivity index (χ1) is 10.1. The van der Waals surface area contributed by atoms with E-state index in [2.05, 4.69) is 0 Å². The van der Waals surface area contributed by atoms with Crippen molar-refractivity contribution < 1.29 is 9.18 Å². The van der Waals surface area contributed by atoms with Gasteiger partial charge >= 0.3 is 0 Å². The van der Waals surface area contributed by atoms with Crippen LogP contribution in [0.5, 0.6) is 0 Å². The Kier molecular flexibility index (Phi) is 4.27. The van der Waals surface area contributed by atoms with Crippen molar-refractivity contribution in [3.05, 3.63) is 35.1 Å². The van der Waals surface area contributed by atoms with Crippen LogP contribution in [-0.2, 0) is 0 Å². The van der Waals surface area contributed by atoms with Gasteiger partial charge in [0.05, 0.1) is 5.56 Å². The normalized spacial score (nSPS) is 19.5. The SMILES string of the molecule is Cc1ccc(C(=O)N(CC2CCCCC2)C2CC2)c(F)c1. The number of amides is 1. The van der Waals surface area contributed by atoms with Crippen LogP contribution in [0.1, 0.15) is 60.9 Å². The molecule has 3 heteroatoms. The average molecular weight is 289 g/mol. The number of hydrogen-bond acceptors (Lipinski definition) is 1. The lowest BCUT2D eigenvalue weighted by Gasteiger charge is -2.30. The molecule has 1 aromatic rings. The Bertz CT molecular complexity index is 518. The van der Waals surface area contributed by atoms with Gasteiger partial charge in [-0.3, -0.25) is 4.79 Å². The van der Waals surface area contributed by atoms with Crippen molar-refractivity contribution in [3.63, 3.8) is 0 Å². The molecule has 0 radical (unpaired) electrons. The Hall–Kier alpha value is -1.38. The van der Waals surface area contributed by atoms with Crippen molar-refractivity contribution in [1.29, 1.82) is 0 Å². The van der Waals surface area contributed by atoms with Crippen LogP contribution in [0.25, 0.3) is 0 Å². The van der Waals surface area contributed by atoms with Crippen LogP contribution in [0.4, 0.5) is 4.39 Å². The summed E-state index contributed by atoms with van der Waals surface area (Å²) in [6.07, 6.45) is 8.45. The highest BCUT2D eigenvalue weighted by molar-refractivity contribution is 5.95. The molecule has 0 spiro atoms. The molecule has 0 heterocycles. The smallest absolute Gasteiger partial charge is 0.257 e. The quantitative estimate of drug-likeness (QED) is 0.808. The highest BCUT2D eigenvalue weighted by atomic mass is 19.1. The van der Waals surface area contributed by atoms with Crippen molar-refractivity contribution in [2.24, 2.45) is 5.92 Å². The first kappa shape index (κ1) is 14.6. The van der Waals surface area contributed by atoms with Gasteiger partial charge in [0.25, 0.3) is 5.91 Å². The fraction of sp³-hybridized carbons (Fsp3) is 0.611. The number of aryl methyl sites for hydroxylation is 1. The molecule has 2 aliphatic rings. The Morgan fingerprint density at radius 3 is 2.52 bits per heavy atom. The second-order valence-corrected chi connectivity index (χ2v) is 6.68. The second kappa shape index (κ2) is 6.17. The molecule has 3 rings (SSSR count). The van der Waals surface area contributed by atoms with E-state index in [1.807, 2.05) is 17.9 Å². The standard InChI is InChI=1S/C18H24FNO/c1-13-7-10-16(17(19)11-13)18(21)20(15-8-9-15)12-14-5-3-2-4-6-14/h7,10-11,14-15H,2-6,8-9,12H2,1H3. The summed E-state index contributed by atoms with van der Waals surface area (Å²) in [4.78, 5) is 14.7. The lowest BCUT2D eigenvalue weighted by Crippen LogP contribution is -2.38. The maximum atomic E-state index is 14.1. The first-order valence-electron chi connectivity index (χ1n) is 8.22. The van der Waals surface area contributed by atoms with E-state index in [0.29, 0.717) is 12.0 Å². The summed E-state index contributed by atoms with van der Waals surface area (Å²) in [5.41, 5.74) is 1.10. The average Bonchev–Trinajstić information content (AvgIpc) is 3.30. The lowest BCUT2D eigenvalue weighted by molar-refractivity contribution is 0.0694. The molecular weight excluding hydrogens is 265 g/mol. The minimum Gasteiger partial charge on any atom is -0.335 e. The molecule has 0 N–H and O–H groups in total. The zero-order valence-electron chi connectivity index (χ0n) is 12.8. The first-order valence-corrected chi connectivity index (χ1v) is 8.22. The van der Waals surface area contributed by atoms with Crippen LogP contribution in [0, 0.1) is 18.7 Å². The van der Waals surface area contributed by atoms with Gasteiger partial charge in [-0.2, -0.15) is 0 Å². The predicted octanol–water partition coefficient (Wildman–Crippen LogP) is 4.32. The number of halogens is 1. The number of benzene rings is 1. The van der Waals surface area contributed by atoms with Crippen molar-refractivity contribution in [1.82, 2.24) is 4.90 Å². The van der Waals surface area contributed by atoms with E-state index in [-0.39, 0.29) is 17.3 Å². The number of carbonyl (C=O) groups is 1. The molecule has 2 saturated carbocycles. The van der Waals surface area contributed by atoms with E-state index in [1.165, 1.54) is 38.2 Å². The minimum atomic E-state index is -0.380. The molecule has 114 valence electrons. The summed E-state index contributed by atoms with van der Waals surface area (Å²) in [5, 5.41) is 0. The van der Waals surface area contributed by atoms with Gasteiger partial charge in [-0.15, -0.1) is 0 Å². The Morgan fingerprint density at radius 1 is 1.19 bits per heavy atom. The number of hydrogen-bond donors (Lipinski definition) is 0. The molecular formula is C18H24FNO. The maximum absolute atomic E-state index is 14.1. The number of carbonyl (C=O) groups excluding carboxylic acids is 1. The number of rotatable bonds is 4. The van der Waals surface area contributed by atoms with E-state index >= 15 is 0 Å². The third kappa shape index (κ3) is 3.45. The van der Waals surface area contributed by atoms with Crippen LogP contribution >= 0.6 is 0 Å². The number of nitrogens with zero attached hydrogens (tertiary/aromatic N) is 1. The molecule has 0 saturated heterocycles. The van der Waals surface area contributed by atoms with Crippen LogP contribution < -0.4 is 0 Å². The Balaban J connectivity index is 1.75. The van der Waals surface area contributed by atoms with E-state index in [0.717, 1.165) is 24.9 Å². The lowest BCUT2D eigenvalue weighted by atomic mass is 9.88. The summed E-state index contributed by atoms with van der Waals surface area (Å²) in [5.74, 6) is 0.117. The van der Waals surface area contributed by atoms with Crippen molar-refractivity contribution in [2.45, 2.75) is 57.9 Å². The molecule has 2 fully saturated rings. The van der Waals surface area contributed by atoms with Crippen molar-refractivity contribution in [2.75, 3.05) is 6.54 Å².